The van der Waals surface area contributed by atoms with Crippen molar-refractivity contribution >= 4 is 5.57 Å². The lowest BCUT2D eigenvalue weighted by molar-refractivity contribution is 0.340. The predicted molar refractivity (Wildman–Crippen MR) is 66.2 cm³/mol. The van der Waals surface area contributed by atoms with Gasteiger partial charge >= 0.3 is 0 Å². The van der Waals surface area contributed by atoms with Gasteiger partial charge < -0.3 is 4.74 Å². The summed E-state index contributed by atoms with van der Waals surface area (Å²) in [6, 6.07) is 8.35. The number of hydrogen-bond donors (Lipinski definition) is 0. The number of hydrogen-bond acceptors (Lipinski definition) is 1. The highest BCUT2D eigenvalue weighted by Gasteiger charge is 1.98. The van der Waals surface area contributed by atoms with E-state index in [0.29, 0.717) is 0 Å². The van der Waals surface area contributed by atoms with Crippen LogP contribution in [0.2, 0.25) is 0 Å². The molecule has 0 N–H and O–H groups in total. The van der Waals surface area contributed by atoms with Crippen molar-refractivity contribution in [3.63, 3.8) is 0 Å². The molecule has 0 aliphatic rings. The topological polar surface area (TPSA) is 9.23 Å². The zero-order valence-electron chi connectivity index (χ0n) is 9.92. The fraction of sp³-hybridized carbons (Fsp3) is 0.429. The standard InChI is InChI=1S/C14H20O/c1-4-7-12(5-2)13-8-10-14(11-9-13)15-6-3/h7-11H,4-6H2,1-3H3. The highest BCUT2D eigenvalue weighted by atomic mass is 16.5. The molecule has 0 spiro atoms. The Morgan fingerprint density at radius 3 is 2.27 bits per heavy atom. The lowest BCUT2D eigenvalue weighted by Crippen LogP contribution is -1.91. The van der Waals surface area contributed by atoms with Gasteiger partial charge in [-0.1, -0.05) is 32.1 Å². The highest BCUT2D eigenvalue weighted by Crippen LogP contribution is 2.21. The number of rotatable bonds is 5. The maximum Gasteiger partial charge on any atom is 0.119 e. The number of benzene rings is 1. The van der Waals surface area contributed by atoms with Crippen LogP contribution < -0.4 is 4.74 Å². The van der Waals surface area contributed by atoms with Crippen LogP contribution in [-0.2, 0) is 0 Å². The van der Waals surface area contributed by atoms with E-state index in [0.717, 1.165) is 25.2 Å². The van der Waals surface area contributed by atoms with Gasteiger partial charge in [0, 0.05) is 0 Å². The molecule has 0 bridgehead atoms. The lowest BCUT2D eigenvalue weighted by Gasteiger charge is -2.07. The van der Waals surface area contributed by atoms with Gasteiger partial charge in [0.15, 0.2) is 0 Å². The van der Waals surface area contributed by atoms with Gasteiger partial charge in [-0.3, -0.25) is 0 Å². The first-order valence-electron chi connectivity index (χ1n) is 5.74. The SMILES string of the molecule is CCC=C(CC)c1ccc(OCC)cc1. The van der Waals surface area contributed by atoms with E-state index in [-0.39, 0.29) is 0 Å². The summed E-state index contributed by atoms with van der Waals surface area (Å²) in [5.74, 6) is 0.952. The van der Waals surface area contributed by atoms with Gasteiger partial charge in [-0.05, 0) is 43.0 Å². The minimum atomic E-state index is 0.727. The maximum absolute atomic E-state index is 5.41. The van der Waals surface area contributed by atoms with Gasteiger partial charge in [-0.2, -0.15) is 0 Å². The third-order valence-corrected chi connectivity index (χ3v) is 2.37. The van der Waals surface area contributed by atoms with Crippen molar-refractivity contribution in [1.82, 2.24) is 0 Å². The fourth-order valence-corrected chi connectivity index (χ4v) is 1.64. The summed E-state index contributed by atoms with van der Waals surface area (Å²) in [7, 11) is 0. The molecule has 0 saturated heterocycles. The summed E-state index contributed by atoms with van der Waals surface area (Å²) in [5.41, 5.74) is 2.73. The molecule has 1 nitrogen and oxygen atoms in total. The molecule has 1 aromatic rings. The third kappa shape index (κ3) is 3.43. The molecule has 0 fully saturated rings. The Morgan fingerprint density at radius 1 is 1.13 bits per heavy atom. The van der Waals surface area contributed by atoms with E-state index in [2.05, 4.69) is 32.1 Å². The van der Waals surface area contributed by atoms with Gasteiger partial charge in [0.25, 0.3) is 0 Å². The fourth-order valence-electron chi connectivity index (χ4n) is 1.64. The molecular weight excluding hydrogens is 184 g/mol. The highest BCUT2D eigenvalue weighted by molar-refractivity contribution is 5.65. The lowest BCUT2D eigenvalue weighted by atomic mass is 10.0. The van der Waals surface area contributed by atoms with Gasteiger partial charge in [0.05, 0.1) is 6.61 Å². The Bertz CT molecular complexity index is 309. The second-order valence-corrected chi connectivity index (χ2v) is 3.45. The monoisotopic (exact) mass is 204 g/mol. The van der Waals surface area contributed by atoms with E-state index in [9.17, 15) is 0 Å². The van der Waals surface area contributed by atoms with Crippen molar-refractivity contribution in [2.24, 2.45) is 0 Å². The molecule has 1 rings (SSSR count). The van der Waals surface area contributed by atoms with Crippen molar-refractivity contribution in [3.05, 3.63) is 35.9 Å². The summed E-state index contributed by atoms with van der Waals surface area (Å²) >= 11 is 0. The summed E-state index contributed by atoms with van der Waals surface area (Å²) < 4.78 is 5.41. The second-order valence-electron chi connectivity index (χ2n) is 3.45. The average molecular weight is 204 g/mol. The first-order valence-corrected chi connectivity index (χ1v) is 5.74. The summed E-state index contributed by atoms with van der Waals surface area (Å²) in [4.78, 5) is 0. The molecule has 1 heteroatoms. The van der Waals surface area contributed by atoms with Crippen LogP contribution in [0, 0.1) is 0 Å². The molecule has 0 aliphatic heterocycles. The van der Waals surface area contributed by atoms with Crippen LogP contribution in [-0.4, -0.2) is 6.61 Å². The molecular formula is C14H20O. The molecule has 15 heavy (non-hydrogen) atoms. The van der Waals surface area contributed by atoms with Crippen LogP contribution in [0.5, 0.6) is 5.75 Å². The Hall–Kier alpha value is -1.24. The minimum Gasteiger partial charge on any atom is -0.494 e. The van der Waals surface area contributed by atoms with E-state index in [1.54, 1.807) is 0 Å². The Labute approximate surface area is 92.8 Å². The van der Waals surface area contributed by atoms with E-state index in [4.69, 9.17) is 4.74 Å². The summed E-state index contributed by atoms with van der Waals surface area (Å²) in [5, 5.41) is 0. The van der Waals surface area contributed by atoms with Crippen LogP contribution >= 0.6 is 0 Å². The van der Waals surface area contributed by atoms with Crippen LogP contribution in [0.15, 0.2) is 30.3 Å². The van der Waals surface area contributed by atoms with Crippen molar-refractivity contribution < 1.29 is 4.74 Å². The molecule has 1 aromatic carbocycles. The molecule has 0 radical (unpaired) electrons. The summed E-state index contributed by atoms with van der Waals surface area (Å²) in [6.07, 6.45) is 4.47. The summed E-state index contributed by atoms with van der Waals surface area (Å²) in [6.45, 7) is 7.09. The van der Waals surface area contributed by atoms with Crippen LogP contribution in [0.1, 0.15) is 39.2 Å². The van der Waals surface area contributed by atoms with E-state index in [1.807, 2.05) is 19.1 Å². The van der Waals surface area contributed by atoms with E-state index < -0.39 is 0 Å². The maximum atomic E-state index is 5.41. The van der Waals surface area contributed by atoms with Gasteiger partial charge in [0.1, 0.15) is 5.75 Å². The molecule has 0 aliphatic carbocycles. The van der Waals surface area contributed by atoms with Crippen LogP contribution in [0.4, 0.5) is 0 Å². The number of allylic oxidation sites excluding steroid dienone is 2. The zero-order chi connectivity index (χ0) is 11.1. The quantitative estimate of drug-likeness (QED) is 0.695. The molecule has 0 atom stereocenters. The third-order valence-electron chi connectivity index (χ3n) is 2.37. The Morgan fingerprint density at radius 2 is 1.80 bits per heavy atom. The zero-order valence-corrected chi connectivity index (χ0v) is 9.92. The first kappa shape index (κ1) is 11.8. The van der Waals surface area contributed by atoms with Crippen molar-refractivity contribution in [2.45, 2.75) is 33.6 Å². The van der Waals surface area contributed by atoms with Crippen LogP contribution in [0.3, 0.4) is 0 Å². The average Bonchev–Trinajstić information content (AvgIpc) is 2.28. The molecule has 82 valence electrons. The molecule has 0 amide bonds. The number of ether oxygens (including phenoxy) is 1. The van der Waals surface area contributed by atoms with Crippen molar-refractivity contribution in [2.75, 3.05) is 6.61 Å². The van der Waals surface area contributed by atoms with E-state index in [1.165, 1.54) is 11.1 Å². The van der Waals surface area contributed by atoms with Gasteiger partial charge in [0.2, 0.25) is 0 Å². The van der Waals surface area contributed by atoms with Gasteiger partial charge in [-0.25, -0.2) is 0 Å². The van der Waals surface area contributed by atoms with Crippen LogP contribution in [0.25, 0.3) is 5.57 Å². The normalized spacial score (nSPS) is 11.5. The molecule has 0 saturated carbocycles. The Balaban J connectivity index is 2.82. The largest absolute Gasteiger partial charge is 0.494 e. The smallest absolute Gasteiger partial charge is 0.119 e. The molecule has 0 unspecified atom stereocenters. The van der Waals surface area contributed by atoms with E-state index >= 15 is 0 Å². The molecule has 0 aromatic heterocycles. The van der Waals surface area contributed by atoms with Crippen molar-refractivity contribution in [3.8, 4) is 5.75 Å². The van der Waals surface area contributed by atoms with Crippen molar-refractivity contribution in [1.29, 1.82) is 0 Å². The predicted octanol–water partition coefficient (Wildman–Crippen LogP) is 4.29. The molecule has 0 heterocycles. The van der Waals surface area contributed by atoms with Gasteiger partial charge in [-0.15, -0.1) is 0 Å². The minimum absolute atomic E-state index is 0.727. The second kappa shape index (κ2) is 6.28. The Kier molecular flexibility index (Phi) is 4.96. The first-order chi connectivity index (χ1) is 7.31.